The molecule has 0 fully saturated rings. The summed E-state index contributed by atoms with van der Waals surface area (Å²) in [5.74, 6) is -0.232. The third-order valence-electron chi connectivity index (χ3n) is 3.24. The third kappa shape index (κ3) is 3.71. The Hall–Kier alpha value is -1.76. The molecule has 2 rings (SSSR count). The lowest BCUT2D eigenvalue weighted by atomic mass is 10.2. The summed E-state index contributed by atoms with van der Waals surface area (Å²) in [4.78, 5) is 15.9. The lowest BCUT2D eigenvalue weighted by molar-refractivity contribution is -0.137. The van der Waals surface area contributed by atoms with E-state index in [-0.39, 0.29) is 29.0 Å². The Kier molecular flexibility index (Phi) is 4.65. The molecule has 4 nitrogen and oxygen atoms in total. The standard InChI is InChI=1S/C14H15ClF3N3O/c1-3-8(2)19-12(22)5-10-7-21-6-9(14(16,17)18)4-11(15)13(21)20-10/h4,6-8H,3,5H2,1-2H3,(H,19,22). The monoisotopic (exact) mass is 333 g/mol. The Balaban J connectivity index is 2.27. The summed E-state index contributed by atoms with van der Waals surface area (Å²) < 4.78 is 39.4. The summed E-state index contributed by atoms with van der Waals surface area (Å²) in [7, 11) is 0. The van der Waals surface area contributed by atoms with Crippen LogP contribution in [0.15, 0.2) is 18.5 Å². The molecule has 2 heterocycles. The van der Waals surface area contributed by atoms with E-state index in [9.17, 15) is 18.0 Å². The maximum atomic E-state index is 12.7. The molecule has 0 saturated carbocycles. The summed E-state index contributed by atoms with van der Waals surface area (Å²) in [5, 5.41) is 2.66. The van der Waals surface area contributed by atoms with E-state index in [1.807, 2.05) is 13.8 Å². The number of aromatic nitrogens is 2. The van der Waals surface area contributed by atoms with Gasteiger partial charge in [-0.15, -0.1) is 0 Å². The van der Waals surface area contributed by atoms with Gasteiger partial charge in [0.2, 0.25) is 5.91 Å². The zero-order chi connectivity index (χ0) is 16.5. The second-order valence-corrected chi connectivity index (χ2v) is 5.50. The number of carbonyl (C=O) groups is 1. The minimum absolute atomic E-state index is 0.0102. The first-order valence-electron chi connectivity index (χ1n) is 6.74. The number of nitrogens with zero attached hydrogens (tertiary/aromatic N) is 2. The van der Waals surface area contributed by atoms with Crippen LogP contribution in [0.1, 0.15) is 31.5 Å². The fourth-order valence-corrected chi connectivity index (χ4v) is 2.20. The van der Waals surface area contributed by atoms with Gasteiger partial charge in [-0.3, -0.25) is 4.79 Å². The highest BCUT2D eigenvalue weighted by Crippen LogP contribution is 2.32. The SMILES string of the molecule is CCC(C)NC(=O)Cc1cn2cc(C(F)(F)F)cc(Cl)c2n1. The number of imidazole rings is 1. The van der Waals surface area contributed by atoms with Crippen LogP contribution < -0.4 is 5.32 Å². The highest BCUT2D eigenvalue weighted by atomic mass is 35.5. The number of amides is 1. The van der Waals surface area contributed by atoms with Crippen molar-refractivity contribution in [2.24, 2.45) is 0 Å². The highest BCUT2D eigenvalue weighted by molar-refractivity contribution is 6.33. The largest absolute Gasteiger partial charge is 0.417 e. The van der Waals surface area contributed by atoms with Gasteiger partial charge in [0.15, 0.2) is 5.65 Å². The summed E-state index contributed by atoms with van der Waals surface area (Å²) in [6.45, 7) is 3.81. The van der Waals surface area contributed by atoms with Crippen molar-refractivity contribution in [2.75, 3.05) is 0 Å². The van der Waals surface area contributed by atoms with Gasteiger partial charge < -0.3 is 9.72 Å². The summed E-state index contributed by atoms with van der Waals surface area (Å²) in [6.07, 6.45) is -1.42. The van der Waals surface area contributed by atoms with Crippen molar-refractivity contribution in [1.29, 1.82) is 0 Å². The van der Waals surface area contributed by atoms with Gasteiger partial charge in [-0.25, -0.2) is 4.98 Å². The van der Waals surface area contributed by atoms with E-state index in [0.717, 1.165) is 18.7 Å². The van der Waals surface area contributed by atoms with Crippen LogP contribution in [0.3, 0.4) is 0 Å². The summed E-state index contributed by atoms with van der Waals surface area (Å²) in [6, 6.07) is 0.859. The molecule has 8 heteroatoms. The van der Waals surface area contributed by atoms with E-state index in [0.29, 0.717) is 5.69 Å². The van der Waals surface area contributed by atoms with Crippen LogP contribution in [-0.4, -0.2) is 21.3 Å². The molecule has 22 heavy (non-hydrogen) atoms. The van der Waals surface area contributed by atoms with E-state index in [2.05, 4.69) is 10.3 Å². The van der Waals surface area contributed by atoms with Crippen LogP contribution in [0.5, 0.6) is 0 Å². The molecule has 0 aliphatic heterocycles. The Morgan fingerprint density at radius 3 is 2.73 bits per heavy atom. The number of rotatable bonds is 4. The van der Waals surface area contributed by atoms with Crippen molar-refractivity contribution < 1.29 is 18.0 Å². The van der Waals surface area contributed by atoms with Gasteiger partial charge in [0.05, 0.1) is 22.7 Å². The molecule has 2 aromatic rings. The van der Waals surface area contributed by atoms with Gasteiger partial charge >= 0.3 is 6.18 Å². The molecule has 0 saturated heterocycles. The molecule has 120 valence electrons. The Morgan fingerprint density at radius 1 is 1.45 bits per heavy atom. The molecule has 0 bridgehead atoms. The van der Waals surface area contributed by atoms with E-state index < -0.39 is 11.7 Å². The summed E-state index contributed by atoms with van der Waals surface area (Å²) >= 11 is 5.84. The Labute approximate surface area is 130 Å². The van der Waals surface area contributed by atoms with E-state index in [4.69, 9.17) is 11.6 Å². The van der Waals surface area contributed by atoms with E-state index in [1.54, 1.807) is 0 Å². The minimum Gasteiger partial charge on any atom is -0.353 e. The van der Waals surface area contributed by atoms with E-state index >= 15 is 0 Å². The quantitative estimate of drug-likeness (QED) is 0.931. The molecule has 1 unspecified atom stereocenters. The fourth-order valence-electron chi connectivity index (χ4n) is 1.94. The second-order valence-electron chi connectivity index (χ2n) is 5.09. The van der Waals surface area contributed by atoms with Gasteiger partial charge in [-0.05, 0) is 19.4 Å². The van der Waals surface area contributed by atoms with Gasteiger partial charge in [0.1, 0.15) is 0 Å². The molecule has 0 radical (unpaired) electrons. The van der Waals surface area contributed by atoms with Crippen LogP contribution in [0.25, 0.3) is 5.65 Å². The van der Waals surface area contributed by atoms with Gasteiger partial charge in [-0.1, -0.05) is 18.5 Å². The summed E-state index contributed by atoms with van der Waals surface area (Å²) in [5.41, 5.74) is -0.305. The normalized spacial score (nSPS) is 13.4. The lowest BCUT2D eigenvalue weighted by Gasteiger charge is -2.09. The molecule has 0 aliphatic carbocycles. The van der Waals surface area contributed by atoms with Crippen LogP contribution in [-0.2, 0) is 17.4 Å². The smallest absolute Gasteiger partial charge is 0.353 e. The molecule has 1 amide bonds. The molecule has 1 atom stereocenters. The number of pyridine rings is 1. The van der Waals surface area contributed by atoms with Crippen molar-refractivity contribution in [2.45, 2.75) is 38.9 Å². The number of carbonyl (C=O) groups excluding carboxylic acids is 1. The number of hydrogen-bond donors (Lipinski definition) is 1. The molecule has 1 N–H and O–H groups in total. The number of halogens is 4. The first-order chi connectivity index (χ1) is 10.2. The maximum Gasteiger partial charge on any atom is 0.417 e. The minimum atomic E-state index is -4.49. The van der Waals surface area contributed by atoms with Crippen LogP contribution in [0.2, 0.25) is 5.02 Å². The maximum absolute atomic E-state index is 12.7. The lowest BCUT2D eigenvalue weighted by Crippen LogP contribution is -2.33. The van der Waals surface area contributed by atoms with Crippen LogP contribution in [0.4, 0.5) is 13.2 Å². The van der Waals surface area contributed by atoms with Crippen LogP contribution in [0, 0.1) is 0 Å². The molecule has 2 aromatic heterocycles. The second kappa shape index (κ2) is 6.16. The molecular weight excluding hydrogens is 319 g/mol. The number of alkyl halides is 3. The topological polar surface area (TPSA) is 46.4 Å². The average Bonchev–Trinajstić information content (AvgIpc) is 2.80. The van der Waals surface area contributed by atoms with Crippen LogP contribution >= 0.6 is 11.6 Å². The Morgan fingerprint density at radius 2 is 2.14 bits per heavy atom. The zero-order valence-corrected chi connectivity index (χ0v) is 12.8. The number of fused-ring (bicyclic) bond motifs is 1. The van der Waals surface area contributed by atoms with Crippen molar-refractivity contribution >= 4 is 23.2 Å². The average molecular weight is 334 g/mol. The fraction of sp³-hybridized carbons (Fsp3) is 0.429. The van der Waals surface area contributed by atoms with Gasteiger partial charge in [0.25, 0.3) is 0 Å². The molecular formula is C14H15ClF3N3O. The third-order valence-corrected chi connectivity index (χ3v) is 3.52. The van der Waals surface area contributed by atoms with Crippen molar-refractivity contribution in [3.63, 3.8) is 0 Å². The molecule has 0 aromatic carbocycles. The molecule has 0 spiro atoms. The number of nitrogens with one attached hydrogen (secondary N) is 1. The first-order valence-corrected chi connectivity index (χ1v) is 7.12. The van der Waals surface area contributed by atoms with Crippen molar-refractivity contribution in [3.05, 3.63) is 34.7 Å². The predicted molar refractivity (Wildman–Crippen MR) is 76.8 cm³/mol. The van der Waals surface area contributed by atoms with Crippen molar-refractivity contribution in [1.82, 2.24) is 14.7 Å². The van der Waals surface area contributed by atoms with Gasteiger partial charge in [-0.2, -0.15) is 13.2 Å². The predicted octanol–water partition coefficient (Wildman–Crippen LogP) is 3.46. The van der Waals surface area contributed by atoms with Crippen molar-refractivity contribution in [3.8, 4) is 0 Å². The highest BCUT2D eigenvalue weighted by Gasteiger charge is 2.31. The zero-order valence-electron chi connectivity index (χ0n) is 12.0. The van der Waals surface area contributed by atoms with Gasteiger partial charge in [0, 0.05) is 18.4 Å². The van der Waals surface area contributed by atoms with E-state index in [1.165, 1.54) is 10.6 Å². The first kappa shape index (κ1) is 16.6. The molecule has 0 aliphatic rings. The number of hydrogen-bond acceptors (Lipinski definition) is 2. The Bertz CT molecular complexity index is 696.